The lowest BCUT2D eigenvalue weighted by Crippen LogP contribution is -2.52. The number of aryl methyl sites for hydroxylation is 1. The summed E-state index contributed by atoms with van der Waals surface area (Å²) in [6.07, 6.45) is 3.88. The number of nitrogens with one attached hydrogen (secondary N) is 1. The number of anilines is 1. The van der Waals surface area contributed by atoms with Gasteiger partial charge in [0.1, 0.15) is 12.6 Å². The smallest absolute Gasteiger partial charge is 0.264 e. The van der Waals surface area contributed by atoms with E-state index in [4.69, 9.17) is 23.2 Å². The van der Waals surface area contributed by atoms with E-state index in [1.165, 1.54) is 17.0 Å². The van der Waals surface area contributed by atoms with Crippen molar-refractivity contribution >= 4 is 50.7 Å². The van der Waals surface area contributed by atoms with Crippen molar-refractivity contribution in [1.82, 2.24) is 10.2 Å². The third-order valence-electron chi connectivity index (χ3n) is 7.16. The van der Waals surface area contributed by atoms with Crippen LogP contribution in [0.15, 0.2) is 77.7 Å². The zero-order valence-corrected chi connectivity index (χ0v) is 24.8. The van der Waals surface area contributed by atoms with Gasteiger partial charge < -0.3 is 10.2 Å². The van der Waals surface area contributed by atoms with Crippen LogP contribution >= 0.6 is 23.2 Å². The van der Waals surface area contributed by atoms with Crippen LogP contribution in [0.5, 0.6) is 0 Å². The van der Waals surface area contributed by atoms with Gasteiger partial charge >= 0.3 is 0 Å². The second kappa shape index (κ2) is 13.1. The molecular weight excluding hydrogens is 569 g/mol. The van der Waals surface area contributed by atoms with Crippen molar-refractivity contribution in [3.63, 3.8) is 0 Å². The summed E-state index contributed by atoms with van der Waals surface area (Å²) in [7, 11) is -4.11. The quantitative estimate of drug-likeness (QED) is 0.310. The largest absolute Gasteiger partial charge is 0.352 e. The number of rotatable bonds is 10. The number of carbonyl (C=O) groups is 2. The van der Waals surface area contributed by atoms with Gasteiger partial charge in [0.2, 0.25) is 11.8 Å². The standard InChI is InChI=1S/C30H33Cl2N3O4S/c1-21-12-16-27(17-13-21)40(38,39)35(26-10-4-3-5-11-26)20-29(36)34(19-23-14-15-24(31)18-28(23)32)22(2)30(37)33-25-8-6-7-9-25/h3-5,10-18,22,25H,6-9,19-20H2,1-2H3,(H,33,37)/t22-/m0/s1. The van der Waals surface area contributed by atoms with Crippen molar-refractivity contribution in [3.05, 3.63) is 94.0 Å². The maximum absolute atomic E-state index is 14.0. The molecule has 1 aliphatic carbocycles. The van der Waals surface area contributed by atoms with E-state index in [1.54, 1.807) is 67.6 Å². The van der Waals surface area contributed by atoms with Crippen LogP contribution in [0.2, 0.25) is 10.0 Å². The molecule has 0 saturated heterocycles. The van der Waals surface area contributed by atoms with E-state index in [0.29, 0.717) is 21.3 Å². The summed E-state index contributed by atoms with van der Waals surface area (Å²) < 4.78 is 28.7. The van der Waals surface area contributed by atoms with E-state index < -0.39 is 28.5 Å². The van der Waals surface area contributed by atoms with Crippen molar-refractivity contribution in [2.75, 3.05) is 10.8 Å². The molecule has 212 valence electrons. The Morgan fingerprint density at radius 2 is 1.62 bits per heavy atom. The Kier molecular flexibility index (Phi) is 9.77. The SMILES string of the molecule is Cc1ccc(S(=O)(=O)N(CC(=O)N(Cc2ccc(Cl)cc2Cl)[C@@H](C)C(=O)NC2CCCC2)c2ccccc2)cc1. The van der Waals surface area contributed by atoms with E-state index >= 15 is 0 Å². The van der Waals surface area contributed by atoms with Gasteiger partial charge in [-0.3, -0.25) is 13.9 Å². The highest BCUT2D eigenvalue weighted by molar-refractivity contribution is 7.92. The van der Waals surface area contributed by atoms with Crippen LogP contribution in [0.25, 0.3) is 0 Å². The van der Waals surface area contributed by atoms with Crippen LogP contribution in [-0.4, -0.2) is 43.8 Å². The number of amides is 2. The van der Waals surface area contributed by atoms with E-state index in [2.05, 4.69) is 5.32 Å². The fourth-order valence-electron chi connectivity index (χ4n) is 4.77. The molecule has 0 aromatic heterocycles. The average Bonchev–Trinajstić information content (AvgIpc) is 3.44. The number of nitrogens with zero attached hydrogens (tertiary/aromatic N) is 2. The fourth-order valence-corrected chi connectivity index (χ4v) is 6.65. The number of hydrogen-bond donors (Lipinski definition) is 1. The van der Waals surface area contributed by atoms with Crippen molar-refractivity contribution in [2.24, 2.45) is 0 Å². The van der Waals surface area contributed by atoms with Crippen molar-refractivity contribution in [3.8, 4) is 0 Å². The maximum Gasteiger partial charge on any atom is 0.264 e. The van der Waals surface area contributed by atoms with Gasteiger partial charge in [-0.25, -0.2) is 8.42 Å². The molecule has 3 aromatic carbocycles. The van der Waals surface area contributed by atoms with Gasteiger partial charge in [0.25, 0.3) is 10.0 Å². The molecule has 0 spiro atoms. The van der Waals surface area contributed by atoms with Gasteiger partial charge in [-0.15, -0.1) is 0 Å². The molecule has 0 heterocycles. The van der Waals surface area contributed by atoms with Crippen molar-refractivity contribution in [1.29, 1.82) is 0 Å². The molecule has 1 saturated carbocycles. The summed E-state index contributed by atoms with van der Waals surface area (Å²) in [5.41, 5.74) is 1.84. The third-order valence-corrected chi connectivity index (χ3v) is 9.53. The minimum Gasteiger partial charge on any atom is -0.352 e. The van der Waals surface area contributed by atoms with Gasteiger partial charge in [0, 0.05) is 22.6 Å². The molecule has 1 fully saturated rings. The normalized spacial score (nSPS) is 14.5. The molecular formula is C30H33Cl2N3O4S. The van der Waals surface area contributed by atoms with E-state index in [-0.39, 0.29) is 23.4 Å². The molecule has 3 aromatic rings. The molecule has 0 aliphatic heterocycles. The van der Waals surface area contributed by atoms with Crippen molar-refractivity contribution < 1.29 is 18.0 Å². The number of carbonyl (C=O) groups excluding carboxylic acids is 2. The first-order chi connectivity index (χ1) is 19.1. The van der Waals surface area contributed by atoms with Crippen molar-refractivity contribution in [2.45, 2.75) is 63.1 Å². The summed E-state index contributed by atoms with van der Waals surface area (Å²) in [6.45, 7) is 3.01. The lowest BCUT2D eigenvalue weighted by Gasteiger charge is -2.32. The van der Waals surface area contributed by atoms with Crippen LogP contribution in [0, 0.1) is 6.92 Å². The second-order valence-corrected chi connectivity index (χ2v) is 12.8. The first-order valence-electron chi connectivity index (χ1n) is 13.2. The van der Waals surface area contributed by atoms with Crippen LogP contribution in [0.4, 0.5) is 5.69 Å². The van der Waals surface area contributed by atoms with Gasteiger partial charge in [-0.2, -0.15) is 0 Å². The lowest BCUT2D eigenvalue weighted by molar-refractivity contribution is -0.139. The van der Waals surface area contributed by atoms with Gasteiger partial charge in [-0.05, 0) is 68.7 Å². The fraction of sp³-hybridized carbons (Fsp3) is 0.333. The average molecular weight is 603 g/mol. The van der Waals surface area contributed by atoms with Gasteiger partial charge in [-0.1, -0.05) is 78.0 Å². The molecule has 40 heavy (non-hydrogen) atoms. The molecule has 1 aliphatic rings. The summed E-state index contributed by atoms with van der Waals surface area (Å²) in [6, 6.07) is 19.0. The Bertz CT molecular complexity index is 1440. The minimum atomic E-state index is -4.11. The number of para-hydroxylation sites is 1. The Hall–Kier alpha value is -3.07. The zero-order chi connectivity index (χ0) is 28.9. The highest BCUT2D eigenvalue weighted by Crippen LogP contribution is 2.27. The molecule has 10 heteroatoms. The maximum atomic E-state index is 14.0. The molecule has 2 amide bonds. The van der Waals surface area contributed by atoms with Crippen LogP contribution in [0.1, 0.15) is 43.7 Å². The Morgan fingerprint density at radius 1 is 0.975 bits per heavy atom. The van der Waals surface area contributed by atoms with E-state index in [1.807, 2.05) is 6.92 Å². The Morgan fingerprint density at radius 3 is 2.25 bits per heavy atom. The number of halogens is 2. The predicted molar refractivity (Wildman–Crippen MR) is 159 cm³/mol. The summed E-state index contributed by atoms with van der Waals surface area (Å²) in [4.78, 5) is 28.7. The summed E-state index contributed by atoms with van der Waals surface area (Å²) in [5.74, 6) is -0.836. The second-order valence-electron chi connectivity index (χ2n) is 10.1. The first kappa shape index (κ1) is 29.9. The third kappa shape index (κ3) is 7.16. The highest BCUT2D eigenvalue weighted by Gasteiger charge is 2.33. The zero-order valence-electron chi connectivity index (χ0n) is 22.5. The minimum absolute atomic E-state index is 0.00129. The van der Waals surface area contributed by atoms with Gasteiger partial charge in [0.15, 0.2) is 0 Å². The molecule has 0 radical (unpaired) electrons. The highest BCUT2D eigenvalue weighted by atomic mass is 35.5. The Labute approximate surface area is 246 Å². The summed E-state index contributed by atoms with van der Waals surface area (Å²) >= 11 is 12.5. The molecule has 7 nitrogen and oxygen atoms in total. The molecule has 0 bridgehead atoms. The van der Waals surface area contributed by atoms with E-state index in [9.17, 15) is 18.0 Å². The van der Waals surface area contributed by atoms with Crippen LogP contribution in [-0.2, 0) is 26.2 Å². The van der Waals surface area contributed by atoms with Crippen LogP contribution in [0.3, 0.4) is 0 Å². The Balaban J connectivity index is 1.68. The summed E-state index contributed by atoms with van der Waals surface area (Å²) in [5, 5.41) is 3.84. The molecule has 0 unspecified atom stereocenters. The lowest BCUT2D eigenvalue weighted by atomic mass is 10.1. The van der Waals surface area contributed by atoms with Gasteiger partial charge in [0.05, 0.1) is 10.6 Å². The molecule has 1 N–H and O–H groups in total. The molecule has 1 atom stereocenters. The number of benzene rings is 3. The first-order valence-corrected chi connectivity index (χ1v) is 15.4. The monoisotopic (exact) mass is 601 g/mol. The number of sulfonamides is 1. The molecule has 4 rings (SSSR count). The van der Waals surface area contributed by atoms with E-state index in [0.717, 1.165) is 35.6 Å². The topological polar surface area (TPSA) is 86.8 Å². The predicted octanol–water partition coefficient (Wildman–Crippen LogP) is 5.97. The van der Waals surface area contributed by atoms with Crippen LogP contribution < -0.4 is 9.62 Å². The number of hydrogen-bond acceptors (Lipinski definition) is 4.